The Morgan fingerprint density at radius 2 is 2.21 bits per heavy atom. The van der Waals surface area contributed by atoms with Gasteiger partial charge in [-0.15, -0.1) is 0 Å². The lowest BCUT2D eigenvalue weighted by atomic mass is 10.2. The predicted octanol–water partition coefficient (Wildman–Crippen LogP) is 1.90. The standard InChI is InChI=1S/C10H10FN3/c1-7-13-4-5-14(7)10-6-8(12)2-3-9(10)11/h2-6H,12H2,1H3. The van der Waals surface area contributed by atoms with Crippen LogP contribution in [0.3, 0.4) is 0 Å². The van der Waals surface area contributed by atoms with Crippen LogP contribution in [0.2, 0.25) is 0 Å². The molecule has 3 nitrogen and oxygen atoms in total. The number of nitrogens with zero attached hydrogens (tertiary/aromatic N) is 2. The first-order chi connectivity index (χ1) is 6.68. The summed E-state index contributed by atoms with van der Waals surface area (Å²) in [6.07, 6.45) is 3.32. The number of hydrogen-bond acceptors (Lipinski definition) is 2. The normalized spacial score (nSPS) is 10.4. The molecule has 2 rings (SSSR count). The second-order valence-corrected chi connectivity index (χ2v) is 3.06. The molecule has 0 radical (unpaired) electrons. The predicted molar refractivity (Wildman–Crippen MR) is 52.7 cm³/mol. The molecule has 0 bridgehead atoms. The molecule has 0 atom stereocenters. The maximum absolute atomic E-state index is 13.4. The lowest BCUT2D eigenvalue weighted by molar-refractivity contribution is 0.617. The lowest BCUT2D eigenvalue weighted by Crippen LogP contribution is -2.00. The first-order valence-electron chi connectivity index (χ1n) is 4.24. The molecular weight excluding hydrogens is 181 g/mol. The third-order valence-corrected chi connectivity index (χ3v) is 2.06. The highest BCUT2D eigenvalue weighted by Crippen LogP contribution is 2.17. The van der Waals surface area contributed by atoms with E-state index in [9.17, 15) is 4.39 Å². The zero-order valence-corrected chi connectivity index (χ0v) is 7.74. The monoisotopic (exact) mass is 191 g/mol. The van der Waals surface area contributed by atoms with Crippen LogP contribution in [0, 0.1) is 12.7 Å². The largest absolute Gasteiger partial charge is 0.399 e. The minimum Gasteiger partial charge on any atom is -0.399 e. The fourth-order valence-corrected chi connectivity index (χ4v) is 1.35. The summed E-state index contributed by atoms with van der Waals surface area (Å²) in [6.45, 7) is 1.81. The number of nitrogens with two attached hydrogens (primary N) is 1. The number of aromatic nitrogens is 2. The Morgan fingerprint density at radius 1 is 1.43 bits per heavy atom. The summed E-state index contributed by atoms with van der Waals surface area (Å²) in [4.78, 5) is 4.02. The Balaban J connectivity index is 2.62. The molecule has 0 unspecified atom stereocenters. The highest BCUT2D eigenvalue weighted by Gasteiger charge is 2.06. The average Bonchev–Trinajstić information content (AvgIpc) is 2.56. The molecule has 2 aromatic rings. The first-order valence-corrected chi connectivity index (χ1v) is 4.24. The van der Waals surface area contributed by atoms with Gasteiger partial charge in [0.15, 0.2) is 0 Å². The van der Waals surface area contributed by atoms with Crippen LogP contribution in [0.5, 0.6) is 0 Å². The molecule has 0 aliphatic carbocycles. The molecule has 0 aliphatic heterocycles. The summed E-state index contributed by atoms with van der Waals surface area (Å²) in [5, 5.41) is 0. The smallest absolute Gasteiger partial charge is 0.147 e. The van der Waals surface area contributed by atoms with Crippen molar-refractivity contribution < 1.29 is 4.39 Å². The summed E-state index contributed by atoms with van der Waals surface area (Å²) in [7, 11) is 0. The summed E-state index contributed by atoms with van der Waals surface area (Å²) in [6, 6.07) is 4.47. The third kappa shape index (κ3) is 1.35. The van der Waals surface area contributed by atoms with Gasteiger partial charge in [0.05, 0.1) is 5.69 Å². The van der Waals surface area contributed by atoms with Crippen LogP contribution in [0.15, 0.2) is 30.6 Å². The van der Waals surface area contributed by atoms with Gasteiger partial charge in [-0.25, -0.2) is 9.37 Å². The van der Waals surface area contributed by atoms with Crippen LogP contribution in [0.1, 0.15) is 5.82 Å². The fraction of sp³-hybridized carbons (Fsp3) is 0.100. The number of hydrogen-bond donors (Lipinski definition) is 1. The number of benzene rings is 1. The Labute approximate surface area is 81.0 Å². The number of halogens is 1. The van der Waals surface area contributed by atoms with Crippen molar-refractivity contribution in [2.75, 3.05) is 5.73 Å². The Kier molecular flexibility index (Phi) is 1.96. The van der Waals surface area contributed by atoms with E-state index in [0.29, 0.717) is 11.4 Å². The zero-order chi connectivity index (χ0) is 10.1. The van der Waals surface area contributed by atoms with Crippen molar-refractivity contribution in [1.82, 2.24) is 9.55 Å². The minimum atomic E-state index is -0.305. The fourth-order valence-electron chi connectivity index (χ4n) is 1.35. The number of nitrogen functional groups attached to an aromatic ring is 1. The maximum Gasteiger partial charge on any atom is 0.147 e. The molecular formula is C10H10FN3. The Bertz CT molecular complexity index is 462. The topological polar surface area (TPSA) is 43.8 Å². The van der Waals surface area contributed by atoms with E-state index >= 15 is 0 Å². The molecule has 1 aromatic heterocycles. The van der Waals surface area contributed by atoms with Gasteiger partial charge in [0.1, 0.15) is 11.6 Å². The van der Waals surface area contributed by atoms with Crippen molar-refractivity contribution in [1.29, 1.82) is 0 Å². The maximum atomic E-state index is 13.4. The second-order valence-electron chi connectivity index (χ2n) is 3.06. The van der Waals surface area contributed by atoms with E-state index in [1.807, 2.05) is 6.92 Å². The SMILES string of the molecule is Cc1nccn1-c1cc(N)ccc1F. The Hall–Kier alpha value is -1.84. The number of imidazole rings is 1. The van der Waals surface area contributed by atoms with Crippen LogP contribution in [-0.4, -0.2) is 9.55 Å². The summed E-state index contributed by atoms with van der Waals surface area (Å²) in [5.74, 6) is 0.426. The Morgan fingerprint density at radius 3 is 2.86 bits per heavy atom. The number of aryl methyl sites for hydroxylation is 1. The van der Waals surface area contributed by atoms with Crippen molar-refractivity contribution in [2.45, 2.75) is 6.92 Å². The molecule has 0 spiro atoms. The van der Waals surface area contributed by atoms with Crippen molar-refractivity contribution in [3.63, 3.8) is 0 Å². The third-order valence-electron chi connectivity index (χ3n) is 2.06. The molecule has 0 saturated carbocycles. The molecule has 1 heterocycles. The van der Waals surface area contributed by atoms with E-state index in [1.54, 1.807) is 23.0 Å². The van der Waals surface area contributed by atoms with Crippen molar-refractivity contribution in [3.05, 3.63) is 42.2 Å². The van der Waals surface area contributed by atoms with Gasteiger partial charge in [-0.05, 0) is 25.1 Å². The molecule has 14 heavy (non-hydrogen) atoms. The van der Waals surface area contributed by atoms with Gasteiger partial charge in [-0.2, -0.15) is 0 Å². The summed E-state index contributed by atoms with van der Waals surface area (Å²) >= 11 is 0. The van der Waals surface area contributed by atoms with Gasteiger partial charge in [0, 0.05) is 18.1 Å². The molecule has 4 heteroatoms. The second kappa shape index (κ2) is 3.14. The number of rotatable bonds is 1. The van der Waals surface area contributed by atoms with Gasteiger partial charge < -0.3 is 10.3 Å². The van der Waals surface area contributed by atoms with Crippen molar-refractivity contribution >= 4 is 5.69 Å². The van der Waals surface area contributed by atoms with E-state index in [1.165, 1.54) is 12.1 Å². The van der Waals surface area contributed by atoms with Crippen LogP contribution < -0.4 is 5.73 Å². The summed E-state index contributed by atoms with van der Waals surface area (Å²) in [5.41, 5.74) is 6.55. The molecule has 2 N–H and O–H groups in total. The van der Waals surface area contributed by atoms with E-state index in [-0.39, 0.29) is 5.82 Å². The molecule has 1 aromatic carbocycles. The summed E-state index contributed by atoms with van der Waals surface area (Å²) < 4.78 is 15.1. The van der Waals surface area contributed by atoms with E-state index in [4.69, 9.17) is 5.73 Å². The van der Waals surface area contributed by atoms with Crippen LogP contribution in [0.25, 0.3) is 5.69 Å². The number of anilines is 1. The van der Waals surface area contributed by atoms with Crippen LogP contribution in [-0.2, 0) is 0 Å². The zero-order valence-electron chi connectivity index (χ0n) is 7.74. The van der Waals surface area contributed by atoms with Gasteiger partial charge in [-0.1, -0.05) is 0 Å². The van der Waals surface area contributed by atoms with E-state index in [2.05, 4.69) is 4.98 Å². The van der Waals surface area contributed by atoms with Gasteiger partial charge in [0.25, 0.3) is 0 Å². The quantitative estimate of drug-likeness (QED) is 0.699. The lowest BCUT2D eigenvalue weighted by Gasteiger charge is -2.06. The van der Waals surface area contributed by atoms with Crippen LogP contribution >= 0.6 is 0 Å². The van der Waals surface area contributed by atoms with Gasteiger partial charge in [0.2, 0.25) is 0 Å². The van der Waals surface area contributed by atoms with Gasteiger partial charge in [-0.3, -0.25) is 0 Å². The minimum absolute atomic E-state index is 0.305. The average molecular weight is 191 g/mol. The van der Waals surface area contributed by atoms with Crippen molar-refractivity contribution in [2.24, 2.45) is 0 Å². The molecule has 72 valence electrons. The molecule has 0 fully saturated rings. The highest BCUT2D eigenvalue weighted by molar-refractivity contribution is 5.48. The molecule has 0 amide bonds. The molecule has 0 saturated heterocycles. The van der Waals surface area contributed by atoms with Gasteiger partial charge >= 0.3 is 0 Å². The molecule has 0 aliphatic rings. The highest BCUT2D eigenvalue weighted by atomic mass is 19.1. The van der Waals surface area contributed by atoms with Crippen molar-refractivity contribution in [3.8, 4) is 5.69 Å². The van der Waals surface area contributed by atoms with E-state index < -0.39 is 0 Å². The van der Waals surface area contributed by atoms with E-state index in [0.717, 1.165) is 5.82 Å². The van der Waals surface area contributed by atoms with Crippen LogP contribution in [0.4, 0.5) is 10.1 Å². The first kappa shape index (κ1) is 8.74.